The molecule has 2 heterocycles. The number of hydrogen-bond donors (Lipinski definition) is 1. The molecule has 0 unspecified atom stereocenters. The third kappa shape index (κ3) is 0.949. The molecule has 1 spiro atoms. The third-order valence-electron chi connectivity index (χ3n) is 2.85. The average molecular weight is 163 g/mol. The molecule has 2 fully saturated rings. The first-order valence-corrected chi connectivity index (χ1v) is 3.75. The van der Waals surface area contributed by atoms with Crippen LogP contribution in [0.25, 0.3) is 0 Å². The minimum atomic E-state index is 0. The average Bonchev–Trinajstić information content (AvgIpc) is 2.07. The van der Waals surface area contributed by atoms with Crippen LogP contribution >= 0.6 is 12.4 Å². The standard InChI is InChI=1S/C7H14N2.ClH/c1-9-4-2-3-7(9)5-8-6-7;/h8H,2-6H2,1H3;1H. The molecule has 0 aromatic heterocycles. The number of halogens is 1. The second-order valence-corrected chi connectivity index (χ2v) is 3.35. The van der Waals surface area contributed by atoms with Gasteiger partial charge in [0.05, 0.1) is 0 Å². The van der Waals surface area contributed by atoms with E-state index in [1.165, 1.54) is 32.5 Å². The molecule has 2 saturated heterocycles. The van der Waals surface area contributed by atoms with Gasteiger partial charge in [-0.1, -0.05) is 0 Å². The van der Waals surface area contributed by atoms with E-state index in [0.717, 1.165) is 0 Å². The molecule has 0 amide bonds. The predicted molar refractivity (Wildman–Crippen MR) is 44.7 cm³/mol. The second kappa shape index (κ2) is 2.68. The van der Waals surface area contributed by atoms with Crippen LogP contribution in [0.4, 0.5) is 0 Å². The van der Waals surface area contributed by atoms with Crippen LogP contribution in [0.15, 0.2) is 0 Å². The van der Waals surface area contributed by atoms with Crippen LogP contribution in [0, 0.1) is 0 Å². The molecule has 0 radical (unpaired) electrons. The minimum absolute atomic E-state index is 0. The zero-order valence-electron chi connectivity index (χ0n) is 6.39. The molecule has 2 rings (SSSR count). The molecule has 0 bridgehead atoms. The SMILES string of the molecule is CN1CCCC12CNC2.Cl. The summed E-state index contributed by atoms with van der Waals surface area (Å²) in [5, 5.41) is 3.33. The lowest BCUT2D eigenvalue weighted by atomic mass is 9.90. The zero-order valence-corrected chi connectivity index (χ0v) is 7.21. The summed E-state index contributed by atoms with van der Waals surface area (Å²) in [6, 6.07) is 0. The van der Waals surface area contributed by atoms with Crippen LogP contribution in [0.5, 0.6) is 0 Å². The van der Waals surface area contributed by atoms with E-state index in [-0.39, 0.29) is 12.4 Å². The van der Waals surface area contributed by atoms with Gasteiger partial charge in [0.2, 0.25) is 0 Å². The smallest absolute Gasteiger partial charge is 0.0455 e. The van der Waals surface area contributed by atoms with Crippen LogP contribution in [0.3, 0.4) is 0 Å². The molecule has 60 valence electrons. The van der Waals surface area contributed by atoms with Gasteiger partial charge in [-0.25, -0.2) is 0 Å². The van der Waals surface area contributed by atoms with E-state index < -0.39 is 0 Å². The van der Waals surface area contributed by atoms with Gasteiger partial charge in [-0.3, -0.25) is 4.90 Å². The summed E-state index contributed by atoms with van der Waals surface area (Å²) in [5.74, 6) is 0. The number of hydrogen-bond acceptors (Lipinski definition) is 2. The van der Waals surface area contributed by atoms with E-state index in [0.29, 0.717) is 5.54 Å². The maximum atomic E-state index is 3.33. The summed E-state index contributed by atoms with van der Waals surface area (Å²) < 4.78 is 0. The molecule has 0 aliphatic carbocycles. The van der Waals surface area contributed by atoms with Gasteiger partial charge in [0.1, 0.15) is 0 Å². The third-order valence-corrected chi connectivity index (χ3v) is 2.85. The molecule has 2 aliphatic heterocycles. The Morgan fingerprint density at radius 1 is 1.40 bits per heavy atom. The monoisotopic (exact) mass is 162 g/mol. The van der Waals surface area contributed by atoms with Gasteiger partial charge in [-0.05, 0) is 26.4 Å². The van der Waals surface area contributed by atoms with Crippen LogP contribution in [-0.4, -0.2) is 37.1 Å². The van der Waals surface area contributed by atoms with E-state index in [4.69, 9.17) is 0 Å². The minimum Gasteiger partial charge on any atom is -0.313 e. The van der Waals surface area contributed by atoms with Crippen LogP contribution in [-0.2, 0) is 0 Å². The molecule has 0 saturated carbocycles. The van der Waals surface area contributed by atoms with Crippen LogP contribution in [0.1, 0.15) is 12.8 Å². The van der Waals surface area contributed by atoms with Crippen LogP contribution in [0.2, 0.25) is 0 Å². The zero-order chi connectivity index (χ0) is 6.32. The molecule has 0 aromatic carbocycles. The van der Waals surface area contributed by atoms with E-state index >= 15 is 0 Å². The predicted octanol–water partition coefficient (Wildman–Crippen LogP) is 0.476. The highest BCUT2D eigenvalue weighted by Crippen LogP contribution is 2.30. The molecule has 2 aliphatic rings. The van der Waals surface area contributed by atoms with Crippen molar-refractivity contribution >= 4 is 12.4 Å². The van der Waals surface area contributed by atoms with E-state index in [1.54, 1.807) is 0 Å². The maximum absolute atomic E-state index is 3.33. The highest BCUT2D eigenvalue weighted by Gasteiger charge is 2.43. The Morgan fingerprint density at radius 3 is 2.30 bits per heavy atom. The maximum Gasteiger partial charge on any atom is 0.0455 e. The van der Waals surface area contributed by atoms with Crippen molar-refractivity contribution in [1.29, 1.82) is 0 Å². The Morgan fingerprint density at radius 2 is 2.10 bits per heavy atom. The Labute approximate surface area is 68.4 Å². The highest BCUT2D eigenvalue weighted by molar-refractivity contribution is 5.85. The first-order valence-electron chi connectivity index (χ1n) is 3.75. The first kappa shape index (κ1) is 8.31. The summed E-state index contributed by atoms with van der Waals surface area (Å²) >= 11 is 0. The Hall–Kier alpha value is 0.210. The number of likely N-dealkylation sites (N-methyl/N-ethyl adjacent to an activating group) is 1. The van der Waals surface area contributed by atoms with Crippen molar-refractivity contribution < 1.29 is 0 Å². The van der Waals surface area contributed by atoms with Crippen molar-refractivity contribution in [2.24, 2.45) is 0 Å². The Balaban J connectivity index is 0.000000500. The molecule has 0 atom stereocenters. The number of nitrogens with zero attached hydrogens (tertiary/aromatic N) is 1. The molecular formula is C7H15ClN2. The van der Waals surface area contributed by atoms with Gasteiger partial charge < -0.3 is 5.32 Å². The lowest BCUT2D eigenvalue weighted by Gasteiger charge is -2.44. The van der Waals surface area contributed by atoms with Crippen LogP contribution < -0.4 is 5.32 Å². The molecule has 2 nitrogen and oxygen atoms in total. The van der Waals surface area contributed by atoms with E-state index in [9.17, 15) is 0 Å². The summed E-state index contributed by atoms with van der Waals surface area (Å²) in [6.45, 7) is 3.76. The van der Waals surface area contributed by atoms with Crippen molar-refractivity contribution in [2.45, 2.75) is 18.4 Å². The largest absolute Gasteiger partial charge is 0.313 e. The summed E-state index contributed by atoms with van der Waals surface area (Å²) in [4.78, 5) is 2.50. The fraction of sp³-hybridized carbons (Fsp3) is 1.00. The van der Waals surface area contributed by atoms with Crippen molar-refractivity contribution in [3.8, 4) is 0 Å². The summed E-state index contributed by atoms with van der Waals surface area (Å²) in [7, 11) is 2.24. The molecule has 3 heteroatoms. The molecular weight excluding hydrogens is 148 g/mol. The van der Waals surface area contributed by atoms with Gasteiger partial charge in [-0.15, -0.1) is 12.4 Å². The van der Waals surface area contributed by atoms with Gasteiger partial charge in [0.15, 0.2) is 0 Å². The summed E-state index contributed by atoms with van der Waals surface area (Å²) in [6.07, 6.45) is 2.81. The lowest BCUT2D eigenvalue weighted by Crippen LogP contribution is -2.65. The van der Waals surface area contributed by atoms with Crippen molar-refractivity contribution in [1.82, 2.24) is 10.2 Å². The highest BCUT2D eigenvalue weighted by atomic mass is 35.5. The Bertz CT molecular complexity index is 123. The normalized spacial score (nSPS) is 29.7. The van der Waals surface area contributed by atoms with Gasteiger partial charge >= 0.3 is 0 Å². The van der Waals surface area contributed by atoms with Crippen molar-refractivity contribution in [2.75, 3.05) is 26.7 Å². The lowest BCUT2D eigenvalue weighted by molar-refractivity contribution is 0.105. The number of likely N-dealkylation sites (tertiary alicyclic amines) is 1. The topological polar surface area (TPSA) is 15.3 Å². The molecule has 10 heavy (non-hydrogen) atoms. The quantitative estimate of drug-likeness (QED) is 0.558. The number of nitrogens with one attached hydrogen (secondary N) is 1. The molecule has 0 aromatic rings. The van der Waals surface area contributed by atoms with E-state index in [1.807, 2.05) is 0 Å². The molecule has 1 N–H and O–H groups in total. The van der Waals surface area contributed by atoms with Gasteiger partial charge in [0, 0.05) is 18.6 Å². The van der Waals surface area contributed by atoms with Crippen molar-refractivity contribution in [3.05, 3.63) is 0 Å². The van der Waals surface area contributed by atoms with Gasteiger partial charge in [-0.2, -0.15) is 0 Å². The van der Waals surface area contributed by atoms with Crippen molar-refractivity contribution in [3.63, 3.8) is 0 Å². The first-order chi connectivity index (χ1) is 4.33. The second-order valence-electron chi connectivity index (χ2n) is 3.35. The summed E-state index contributed by atoms with van der Waals surface area (Å²) in [5.41, 5.74) is 0.597. The van der Waals surface area contributed by atoms with Gasteiger partial charge in [0.25, 0.3) is 0 Å². The Kier molecular flexibility index (Phi) is 2.23. The fourth-order valence-corrected chi connectivity index (χ4v) is 1.93. The number of rotatable bonds is 0. The fourth-order valence-electron chi connectivity index (χ4n) is 1.93. The van der Waals surface area contributed by atoms with E-state index in [2.05, 4.69) is 17.3 Å².